The molecule has 2 aromatic rings. The Morgan fingerprint density at radius 3 is 2.72 bits per heavy atom. The number of hydrogen-bond acceptors (Lipinski definition) is 4. The van der Waals surface area contributed by atoms with Crippen LogP contribution in [0.5, 0.6) is 17.2 Å². The summed E-state index contributed by atoms with van der Waals surface area (Å²) >= 11 is 1.64. The summed E-state index contributed by atoms with van der Waals surface area (Å²) in [5, 5.41) is 19.1. The predicted octanol–water partition coefficient (Wildman–Crippen LogP) is 3.32. The van der Waals surface area contributed by atoms with Crippen molar-refractivity contribution in [2.75, 3.05) is 6.61 Å². The molecule has 0 radical (unpaired) electrons. The maximum absolute atomic E-state index is 9.49. The Kier molecular flexibility index (Phi) is 2.80. The summed E-state index contributed by atoms with van der Waals surface area (Å²) in [6.45, 7) is 0.561. The molecule has 0 fully saturated rings. The minimum absolute atomic E-state index is 0.131. The van der Waals surface area contributed by atoms with E-state index >= 15 is 0 Å². The molecule has 18 heavy (non-hydrogen) atoms. The van der Waals surface area contributed by atoms with Gasteiger partial charge in [0.1, 0.15) is 23.9 Å². The minimum Gasteiger partial charge on any atom is -0.508 e. The smallest absolute Gasteiger partial charge is 0.133 e. The molecule has 0 saturated heterocycles. The average Bonchev–Trinajstić information content (AvgIpc) is 2.38. The second kappa shape index (κ2) is 4.46. The van der Waals surface area contributed by atoms with Gasteiger partial charge in [-0.25, -0.2) is 0 Å². The highest BCUT2D eigenvalue weighted by molar-refractivity contribution is 7.99. The van der Waals surface area contributed by atoms with Gasteiger partial charge in [0.2, 0.25) is 0 Å². The van der Waals surface area contributed by atoms with E-state index in [-0.39, 0.29) is 16.7 Å². The van der Waals surface area contributed by atoms with Crippen molar-refractivity contribution < 1.29 is 14.9 Å². The first-order valence-electron chi connectivity index (χ1n) is 5.64. The third kappa shape index (κ3) is 2.11. The second-order valence-electron chi connectivity index (χ2n) is 4.14. The summed E-state index contributed by atoms with van der Waals surface area (Å²) in [5.41, 5.74) is 1.02. The Hall–Kier alpha value is -1.81. The van der Waals surface area contributed by atoms with E-state index in [0.29, 0.717) is 6.61 Å². The van der Waals surface area contributed by atoms with Crippen molar-refractivity contribution in [3.63, 3.8) is 0 Å². The third-order valence-corrected chi connectivity index (χ3v) is 4.09. The number of rotatable bonds is 1. The largest absolute Gasteiger partial charge is 0.508 e. The van der Waals surface area contributed by atoms with Crippen LogP contribution < -0.4 is 4.74 Å². The SMILES string of the molecule is Oc1cccc([C@@H]2COc3ccc(O)cc3S2)c1. The second-order valence-corrected chi connectivity index (χ2v) is 5.39. The van der Waals surface area contributed by atoms with Gasteiger partial charge in [0.05, 0.1) is 10.1 Å². The normalized spacial score (nSPS) is 17.9. The van der Waals surface area contributed by atoms with Gasteiger partial charge in [0.25, 0.3) is 0 Å². The Bertz CT molecular complexity index is 583. The zero-order chi connectivity index (χ0) is 12.5. The van der Waals surface area contributed by atoms with Gasteiger partial charge in [-0.2, -0.15) is 0 Å². The van der Waals surface area contributed by atoms with Crippen molar-refractivity contribution >= 4 is 11.8 Å². The van der Waals surface area contributed by atoms with E-state index in [1.165, 1.54) is 0 Å². The summed E-state index contributed by atoms with van der Waals surface area (Å²) in [4.78, 5) is 0.926. The lowest BCUT2D eigenvalue weighted by atomic mass is 10.1. The minimum atomic E-state index is 0.131. The molecule has 3 rings (SSSR count). The summed E-state index contributed by atoms with van der Waals surface area (Å²) in [6.07, 6.45) is 0. The molecule has 0 saturated carbocycles. The van der Waals surface area contributed by atoms with E-state index in [1.54, 1.807) is 42.1 Å². The van der Waals surface area contributed by atoms with Gasteiger partial charge in [0, 0.05) is 0 Å². The molecule has 0 spiro atoms. The molecule has 1 aliphatic rings. The van der Waals surface area contributed by atoms with Crippen LogP contribution >= 0.6 is 11.8 Å². The van der Waals surface area contributed by atoms with E-state index < -0.39 is 0 Å². The highest BCUT2D eigenvalue weighted by Crippen LogP contribution is 2.45. The quantitative estimate of drug-likeness (QED) is 0.825. The van der Waals surface area contributed by atoms with Crippen molar-refractivity contribution in [1.29, 1.82) is 0 Å². The molecule has 1 aliphatic heterocycles. The van der Waals surface area contributed by atoms with Crippen molar-refractivity contribution in [1.82, 2.24) is 0 Å². The molecule has 2 aromatic carbocycles. The van der Waals surface area contributed by atoms with E-state index in [1.807, 2.05) is 12.1 Å². The lowest BCUT2D eigenvalue weighted by Crippen LogP contribution is -2.12. The maximum Gasteiger partial charge on any atom is 0.133 e. The number of phenolic OH excluding ortho intramolecular Hbond substituents is 2. The number of phenols is 2. The van der Waals surface area contributed by atoms with Crippen molar-refractivity contribution in [3.8, 4) is 17.2 Å². The molecule has 0 aliphatic carbocycles. The lowest BCUT2D eigenvalue weighted by molar-refractivity contribution is 0.303. The molecule has 1 heterocycles. The monoisotopic (exact) mass is 260 g/mol. The standard InChI is InChI=1S/C14H12O3S/c15-10-3-1-2-9(6-10)14-8-17-12-5-4-11(16)7-13(12)18-14/h1-7,14-16H,8H2/t14-/m0/s1. The Labute approximate surface area is 109 Å². The molecule has 0 bridgehead atoms. The van der Waals surface area contributed by atoms with Gasteiger partial charge in [-0.15, -0.1) is 11.8 Å². The fourth-order valence-corrected chi connectivity index (χ4v) is 3.11. The number of benzene rings is 2. The summed E-state index contributed by atoms with van der Waals surface area (Å²) in [5.74, 6) is 1.30. The van der Waals surface area contributed by atoms with Crippen molar-refractivity contribution in [2.45, 2.75) is 10.1 Å². The van der Waals surface area contributed by atoms with Crippen LogP contribution in [0, 0.1) is 0 Å². The molecule has 2 N–H and O–H groups in total. The van der Waals surface area contributed by atoms with Crippen LogP contribution in [0.2, 0.25) is 0 Å². The first-order chi connectivity index (χ1) is 8.72. The third-order valence-electron chi connectivity index (χ3n) is 2.83. The van der Waals surface area contributed by atoms with Crippen LogP contribution in [0.25, 0.3) is 0 Å². The molecule has 1 atom stereocenters. The number of thioether (sulfide) groups is 1. The predicted molar refractivity (Wildman–Crippen MR) is 70.3 cm³/mol. The zero-order valence-corrected chi connectivity index (χ0v) is 10.4. The molecule has 0 unspecified atom stereocenters. The average molecular weight is 260 g/mol. The fourth-order valence-electron chi connectivity index (χ4n) is 1.95. The molecular formula is C14H12O3S. The number of hydrogen-bond donors (Lipinski definition) is 2. The molecule has 0 amide bonds. The van der Waals surface area contributed by atoms with E-state index in [0.717, 1.165) is 16.2 Å². The Balaban J connectivity index is 1.90. The van der Waals surface area contributed by atoms with Crippen LogP contribution in [-0.2, 0) is 0 Å². The van der Waals surface area contributed by atoms with Crippen LogP contribution in [0.1, 0.15) is 10.8 Å². The van der Waals surface area contributed by atoms with Crippen molar-refractivity contribution in [3.05, 3.63) is 48.0 Å². The maximum atomic E-state index is 9.49. The van der Waals surface area contributed by atoms with Crippen molar-refractivity contribution in [2.24, 2.45) is 0 Å². The summed E-state index contributed by atoms with van der Waals surface area (Å²) in [6, 6.07) is 12.3. The first kappa shape index (κ1) is 11.3. The Morgan fingerprint density at radius 1 is 1.06 bits per heavy atom. The highest BCUT2D eigenvalue weighted by Gasteiger charge is 2.22. The van der Waals surface area contributed by atoms with Crippen LogP contribution in [0.15, 0.2) is 47.4 Å². The first-order valence-corrected chi connectivity index (χ1v) is 6.52. The lowest BCUT2D eigenvalue weighted by Gasteiger charge is -2.25. The summed E-state index contributed by atoms with van der Waals surface area (Å²) in [7, 11) is 0. The number of ether oxygens (including phenoxy) is 1. The summed E-state index contributed by atoms with van der Waals surface area (Å²) < 4.78 is 5.67. The van der Waals surface area contributed by atoms with Gasteiger partial charge in [-0.3, -0.25) is 0 Å². The van der Waals surface area contributed by atoms with Crippen LogP contribution in [0.4, 0.5) is 0 Å². The Morgan fingerprint density at radius 2 is 1.89 bits per heavy atom. The molecular weight excluding hydrogens is 248 g/mol. The van der Waals surface area contributed by atoms with Gasteiger partial charge in [-0.1, -0.05) is 12.1 Å². The number of aromatic hydroxyl groups is 2. The van der Waals surface area contributed by atoms with Gasteiger partial charge >= 0.3 is 0 Å². The zero-order valence-electron chi connectivity index (χ0n) is 9.54. The van der Waals surface area contributed by atoms with Gasteiger partial charge in [-0.05, 0) is 35.9 Å². The van der Waals surface area contributed by atoms with Gasteiger partial charge in [0.15, 0.2) is 0 Å². The molecule has 0 aromatic heterocycles. The van der Waals surface area contributed by atoms with Crippen LogP contribution in [0.3, 0.4) is 0 Å². The topological polar surface area (TPSA) is 49.7 Å². The molecule has 4 heteroatoms. The van der Waals surface area contributed by atoms with Gasteiger partial charge < -0.3 is 14.9 Å². The van der Waals surface area contributed by atoms with Crippen LogP contribution in [-0.4, -0.2) is 16.8 Å². The molecule has 92 valence electrons. The van der Waals surface area contributed by atoms with E-state index in [2.05, 4.69) is 0 Å². The number of fused-ring (bicyclic) bond motifs is 1. The van der Waals surface area contributed by atoms with E-state index in [9.17, 15) is 10.2 Å². The van der Waals surface area contributed by atoms with E-state index in [4.69, 9.17) is 4.74 Å². The molecule has 3 nitrogen and oxygen atoms in total. The highest BCUT2D eigenvalue weighted by atomic mass is 32.2. The fraction of sp³-hybridized carbons (Fsp3) is 0.143.